The number of rotatable bonds is 2. The minimum Gasteiger partial charge on any atom is -0.341 e. The van der Waals surface area contributed by atoms with Crippen LogP contribution in [0.25, 0.3) is 27.9 Å². The number of aryl methyl sites for hydroxylation is 1. The van der Waals surface area contributed by atoms with E-state index < -0.39 is 0 Å². The molecule has 0 spiro atoms. The van der Waals surface area contributed by atoms with Crippen molar-refractivity contribution in [3.63, 3.8) is 0 Å². The molecule has 8 nitrogen and oxygen atoms in total. The van der Waals surface area contributed by atoms with Crippen molar-refractivity contribution in [2.75, 3.05) is 13.1 Å². The minimum absolute atomic E-state index is 0.0444. The third-order valence-electron chi connectivity index (χ3n) is 5.85. The van der Waals surface area contributed by atoms with Crippen molar-refractivity contribution < 1.29 is 4.79 Å². The summed E-state index contributed by atoms with van der Waals surface area (Å²) in [5, 5.41) is 4.40. The Kier molecular flexibility index (Phi) is 4.01. The predicted molar refractivity (Wildman–Crippen MR) is 110 cm³/mol. The van der Waals surface area contributed by atoms with Gasteiger partial charge in [0.1, 0.15) is 0 Å². The van der Waals surface area contributed by atoms with Gasteiger partial charge in [0.05, 0.1) is 29.0 Å². The van der Waals surface area contributed by atoms with Crippen molar-refractivity contribution in [3.8, 4) is 11.3 Å². The summed E-state index contributed by atoms with van der Waals surface area (Å²) in [4.78, 5) is 31.6. The summed E-state index contributed by atoms with van der Waals surface area (Å²) in [7, 11) is 1.77. The fourth-order valence-corrected chi connectivity index (χ4v) is 4.30. The van der Waals surface area contributed by atoms with E-state index in [0.717, 1.165) is 41.7 Å². The SMILES string of the molecule is CC(=O)N1CCCC(n2c(=O)n(C)c3ccc(-c4cnn5ccccc45)nc32)C1. The van der Waals surface area contributed by atoms with Crippen molar-refractivity contribution in [2.24, 2.45) is 7.05 Å². The fourth-order valence-electron chi connectivity index (χ4n) is 4.30. The molecule has 0 aromatic carbocycles. The molecule has 29 heavy (non-hydrogen) atoms. The zero-order valence-electron chi connectivity index (χ0n) is 16.4. The lowest BCUT2D eigenvalue weighted by Crippen LogP contribution is -2.42. The van der Waals surface area contributed by atoms with Gasteiger partial charge in [0.2, 0.25) is 5.91 Å². The molecular formula is C21H22N6O2. The van der Waals surface area contributed by atoms with Crippen LogP contribution in [-0.2, 0) is 11.8 Å². The average molecular weight is 390 g/mol. The van der Waals surface area contributed by atoms with Gasteiger partial charge in [0.15, 0.2) is 5.65 Å². The first-order valence-corrected chi connectivity index (χ1v) is 9.81. The highest BCUT2D eigenvalue weighted by Crippen LogP contribution is 2.28. The molecular weight excluding hydrogens is 368 g/mol. The first-order chi connectivity index (χ1) is 14.0. The zero-order valence-corrected chi connectivity index (χ0v) is 16.4. The molecule has 4 aromatic heterocycles. The number of aromatic nitrogens is 5. The molecule has 148 valence electrons. The highest BCUT2D eigenvalue weighted by Gasteiger charge is 2.27. The van der Waals surface area contributed by atoms with Crippen LogP contribution in [0.2, 0.25) is 0 Å². The maximum Gasteiger partial charge on any atom is 0.330 e. The van der Waals surface area contributed by atoms with Crippen molar-refractivity contribution in [1.82, 2.24) is 28.6 Å². The van der Waals surface area contributed by atoms with Crippen LogP contribution in [0, 0.1) is 0 Å². The van der Waals surface area contributed by atoms with Gasteiger partial charge in [0, 0.05) is 38.8 Å². The molecule has 1 fully saturated rings. The van der Waals surface area contributed by atoms with Gasteiger partial charge in [-0.2, -0.15) is 5.10 Å². The summed E-state index contributed by atoms with van der Waals surface area (Å²) in [5.41, 5.74) is 4.00. The third kappa shape index (κ3) is 2.74. The topological polar surface area (TPSA) is 77.4 Å². The molecule has 0 saturated carbocycles. The van der Waals surface area contributed by atoms with Gasteiger partial charge in [-0.15, -0.1) is 0 Å². The largest absolute Gasteiger partial charge is 0.341 e. The van der Waals surface area contributed by atoms with Gasteiger partial charge in [-0.3, -0.25) is 13.9 Å². The molecule has 0 bridgehead atoms. The van der Waals surface area contributed by atoms with E-state index in [1.165, 1.54) is 0 Å². The lowest BCUT2D eigenvalue weighted by atomic mass is 10.1. The third-order valence-corrected chi connectivity index (χ3v) is 5.85. The summed E-state index contributed by atoms with van der Waals surface area (Å²) in [6.45, 7) is 2.86. The van der Waals surface area contributed by atoms with Crippen molar-refractivity contribution >= 4 is 22.6 Å². The summed E-state index contributed by atoms with van der Waals surface area (Å²) in [6, 6.07) is 9.69. The maximum absolute atomic E-state index is 13.0. The molecule has 1 amide bonds. The monoisotopic (exact) mass is 390 g/mol. The number of carbonyl (C=O) groups excluding carboxylic acids is 1. The second-order valence-corrected chi connectivity index (χ2v) is 7.60. The molecule has 1 unspecified atom stereocenters. The van der Waals surface area contributed by atoms with Crippen molar-refractivity contribution in [2.45, 2.75) is 25.8 Å². The standard InChI is InChI=1S/C21H22N6O2/c1-14(28)25-10-5-6-15(13-25)27-20-19(24(2)21(27)29)9-8-17(23-20)16-12-22-26-11-4-3-7-18(16)26/h3-4,7-9,11-12,15H,5-6,10,13H2,1-2H3. The van der Waals surface area contributed by atoms with E-state index in [1.54, 1.807) is 29.3 Å². The normalized spacial score (nSPS) is 17.3. The number of pyridine rings is 2. The molecule has 0 radical (unpaired) electrons. The Morgan fingerprint density at radius 1 is 1.17 bits per heavy atom. The summed E-state index contributed by atoms with van der Waals surface area (Å²) < 4.78 is 5.21. The van der Waals surface area contributed by atoms with E-state index >= 15 is 0 Å². The van der Waals surface area contributed by atoms with E-state index in [2.05, 4.69) is 5.10 Å². The molecule has 0 aliphatic carbocycles. The van der Waals surface area contributed by atoms with Gasteiger partial charge in [-0.05, 0) is 37.1 Å². The number of nitrogens with zero attached hydrogens (tertiary/aromatic N) is 6. The predicted octanol–water partition coefficient (Wildman–Crippen LogP) is 2.23. The Bertz CT molecular complexity index is 1300. The van der Waals surface area contributed by atoms with Crippen molar-refractivity contribution in [3.05, 3.63) is 53.2 Å². The Morgan fingerprint density at radius 3 is 2.86 bits per heavy atom. The number of carbonyl (C=O) groups is 1. The van der Waals surface area contributed by atoms with E-state index in [0.29, 0.717) is 12.2 Å². The van der Waals surface area contributed by atoms with Gasteiger partial charge in [0.25, 0.3) is 0 Å². The number of piperidine rings is 1. The van der Waals surface area contributed by atoms with Gasteiger partial charge < -0.3 is 4.90 Å². The van der Waals surface area contributed by atoms with E-state index in [9.17, 15) is 9.59 Å². The van der Waals surface area contributed by atoms with Crippen LogP contribution in [0.3, 0.4) is 0 Å². The Balaban J connectivity index is 1.67. The van der Waals surface area contributed by atoms with Crippen LogP contribution in [0.4, 0.5) is 0 Å². The number of likely N-dealkylation sites (tertiary alicyclic amines) is 1. The summed E-state index contributed by atoms with van der Waals surface area (Å²) >= 11 is 0. The molecule has 0 N–H and O–H groups in total. The number of fused-ring (bicyclic) bond motifs is 2. The van der Waals surface area contributed by atoms with Crippen LogP contribution in [0.15, 0.2) is 47.5 Å². The van der Waals surface area contributed by atoms with Crippen LogP contribution >= 0.6 is 0 Å². The van der Waals surface area contributed by atoms with Gasteiger partial charge in [-0.1, -0.05) is 6.07 Å². The zero-order chi connectivity index (χ0) is 20.1. The van der Waals surface area contributed by atoms with E-state index in [-0.39, 0.29) is 17.6 Å². The van der Waals surface area contributed by atoms with Crippen LogP contribution in [0.1, 0.15) is 25.8 Å². The summed E-state index contributed by atoms with van der Waals surface area (Å²) in [6.07, 6.45) is 5.42. The number of hydrogen-bond acceptors (Lipinski definition) is 4. The van der Waals surface area contributed by atoms with E-state index in [4.69, 9.17) is 4.98 Å². The Morgan fingerprint density at radius 2 is 2.03 bits per heavy atom. The Labute approximate surface area is 167 Å². The molecule has 8 heteroatoms. The highest BCUT2D eigenvalue weighted by atomic mass is 16.2. The smallest absolute Gasteiger partial charge is 0.330 e. The highest BCUT2D eigenvalue weighted by molar-refractivity contribution is 5.82. The van der Waals surface area contributed by atoms with Gasteiger partial charge in [-0.25, -0.2) is 14.3 Å². The molecule has 1 aliphatic rings. The second kappa shape index (κ2) is 6.58. The van der Waals surface area contributed by atoms with Crippen LogP contribution in [-0.4, -0.2) is 47.6 Å². The quantitative estimate of drug-likeness (QED) is 0.526. The molecule has 1 aliphatic heterocycles. The first-order valence-electron chi connectivity index (χ1n) is 9.81. The minimum atomic E-state index is -0.0973. The van der Waals surface area contributed by atoms with Crippen LogP contribution < -0.4 is 5.69 Å². The first kappa shape index (κ1) is 17.7. The molecule has 1 saturated heterocycles. The lowest BCUT2D eigenvalue weighted by molar-refractivity contribution is -0.130. The molecule has 1 atom stereocenters. The number of imidazole rings is 1. The molecule has 5 rings (SSSR count). The van der Waals surface area contributed by atoms with E-state index in [1.807, 2.05) is 45.9 Å². The van der Waals surface area contributed by atoms with Crippen LogP contribution in [0.5, 0.6) is 0 Å². The fraction of sp³-hybridized carbons (Fsp3) is 0.333. The summed E-state index contributed by atoms with van der Waals surface area (Å²) in [5.74, 6) is 0.0444. The number of hydrogen-bond donors (Lipinski definition) is 0. The van der Waals surface area contributed by atoms with Gasteiger partial charge >= 0.3 is 5.69 Å². The number of amides is 1. The second-order valence-electron chi connectivity index (χ2n) is 7.60. The molecule has 5 heterocycles. The Hall–Kier alpha value is -3.42. The molecule has 4 aromatic rings. The lowest BCUT2D eigenvalue weighted by Gasteiger charge is -2.32. The van der Waals surface area contributed by atoms with Crippen molar-refractivity contribution in [1.29, 1.82) is 0 Å². The maximum atomic E-state index is 13.0. The average Bonchev–Trinajstić information content (AvgIpc) is 3.27.